The van der Waals surface area contributed by atoms with Gasteiger partial charge in [-0.25, -0.2) is 14.4 Å². The van der Waals surface area contributed by atoms with Gasteiger partial charge in [0.05, 0.1) is 6.04 Å². The van der Waals surface area contributed by atoms with E-state index in [2.05, 4.69) is 59.4 Å². The van der Waals surface area contributed by atoms with E-state index in [0.29, 0.717) is 17.7 Å². The van der Waals surface area contributed by atoms with Crippen LogP contribution in [-0.2, 0) is 30.5 Å². The van der Waals surface area contributed by atoms with Crippen LogP contribution in [-0.4, -0.2) is 86.1 Å². The summed E-state index contributed by atoms with van der Waals surface area (Å²) in [5.74, 6) is -1.23. The first kappa shape index (κ1) is 53.1. The van der Waals surface area contributed by atoms with E-state index in [0.717, 1.165) is 77.0 Å². The second-order valence-corrected chi connectivity index (χ2v) is 15.5. The van der Waals surface area contributed by atoms with Crippen molar-refractivity contribution in [2.45, 2.75) is 143 Å². The Hall–Kier alpha value is -4.92. The fourth-order valence-corrected chi connectivity index (χ4v) is 6.09. The molecule has 1 aromatic rings. The molecule has 15 nitrogen and oxygen atoms in total. The number of primary amides is 1. The van der Waals surface area contributed by atoms with E-state index < -0.39 is 42.1 Å². The Morgan fingerprint density at radius 2 is 1.43 bits per heavy atom. The number of ether oxygens (including phenoxy) is 2. The number of anilines is 1. The van der Waals surface area contributed by atoms with Crippen LogP contribution in [0, 0.1) is 11.8 Å². The quantitative estimate of drug-likeness (QED) is 0.0317. The highest BCUT2D eigenvalue weighted by atomic mass is 16.6. The first-order valence-corrected chi connectivity index (χ1v) is 21.9. The fraction of sp³-hybridized carbons (Fsp3) is 0.644. The largest absolute Gasteiger partial charge is 0.445 e. The molecule has 0 heterocycles. The van der Waals surface area contributed by atoms with Crippen LogP contribution in [0.2, 0.25) is 0 Å². The van der Waals surface area contributed by atoms with Gasteiger partial charge in [-0.05, 0) is 75.0 Å². The minimum Gasteiger partial charge on any atom is -0.445 e. The molecule has 8 N–H and O–H groups in total. The normalized spacial score (nSPS) is 12.8. The number of benzene rings is 1. The summed E-state index contributed by atoms with van der Waals surface area (Å²) in [4.78, 5) is 76.2. The number of nitrogens with zero attached hydrogens (tertiary/aromatic N) is 1. The molecule has 0 aliphatic heterocycles. The molecule has 0 bridgehead atoms. The molecule has 0 spiro atoms. The van der Waals surface area contributed by atoms with Crippen LogP contribution in [0.15, 0.2) is 48.6 Å². The molecule has 1 unspecified atom stereocenters. The van der Waals surface area contributed by atoms with Gasteiger partial charge >= 0.3 is 18.2 Å². The zero-order valence-corrected chi connectivity index (χ0v) is 36.9. The fourth-order valence-electron chi connectivity index (χ4n) is 6.09. The van der Waals surface area contributed by atoms with Gasteiger partial charge in [-0.15, -0.1) is 0 Å². The van der Waals surface area contributed by atoms with E-state index in [9.17, 15) is 28.8 Å². The number of nitrogens with one attached hydrogen (secondary N) is 4. The van der Waals surface area contributed by atoms with Crippen molar-refractivity contribution in [3.8, 4) is 0 Å². The Balaban J connectivity index is 2.52. The third kappa shape index (κ3) is 25.5. The highest BCUT2D eigenvalue weighted by molar-refractivity contribution is 5.97. The summed E-state index contributed by atoms with van der Waals surface area (Å²) in [5.41, 5.74) is 12.2. The molecule has 0 saturated heterocycles. The summed E-state index contributed by atoms with van der Waals surface area (Å²) >= 11 is 0. The van der Waals surface area contributed by atoms with Crippen LogP contribution >= 0.6 is 0 Å². The van der Waals surface area contributed by atoms with Crippen molar-refractivity contribution < 1.29 is 38.2 Å². The molecule has 0 radical (unpaired) electrons. The number of alkyl carbamates (subject to hydrolysis) is 1. The maximum atomic E-state index is 13.1. The molecule has 0 fully saturated rings. The van der Waals surface area contributed by atoms with Crippen LogP contribution in [0.25, 0.3) is 0 Å². The number of hydrogen-bond acceptors (Lipinski definition) is 9. The van der Waals surface area contributed by atoms with E-state index in [1.807, 2.05) is 0 Å². The van der Waals surface area contributed by atoms with E-state index in [-0.39, 0.29) is 56.9 Å². The van der Waals surface area contributed by atoms with Gasteiger partial charge < -0.3 is 47.1 Å². The summed E-state index contributed by atoms with van der Waals surface area (Å²) < 4.78 is 10.7. The smallest absolute Gasteiger partial charge is 0.409 e. The Morgan fingerprint density at radius 1 is 0.767 bits per heavy atom. The van der Waals surface area contributed by atoms with Crippen molar-refractivity contribution in [1.29, 1.82) is 0 Å². The SMILES string of the molecule is CCC=CCC=CCCCCCC(CCCCCCC)C(=O)COC(=O)NCCN(C)C(=O)OCc1ccc(NC(=O)[C@H](CCCNC(N)=O)NC(=O)[C@@H](N)C(C)C)cc1. The zero-order chi connectivity index (χ0) is 44.5. The third-order valence-corrected chi connectivity index (χ3v) is 9.96. The first-order chi connectivity index (χ1) is 28.8. The third-order valence-electron chi connectivity index (χ3n) is 9.96. The first-order valence-electron chi connectivity index (χ1n) is 21.9. The van der Waals surface area contributed by atoms with Crippen LogP contribution in [0.3, 0.4) is 0 Å². The number of hydrogen-bond donors (Lipinski definition) is 6. The van der Waals surface area contributed by atoms with Crippen LogP contribution in [0.1, 0.15) is 130 Å². The summed E-state index contributed by atoms with van der Waals surface area (Å²) in [5, 5.41) is 10.5. The number of ketones is 1. The van der Waals surface area contributed by atoms with Crippen LogP contribution < -0.4 is 32.7 Å². The lowest BCUT2D eigenvalue weighted by molar-refractivity contribution is -0.128. The number of unbranched alkanes of at least 4 members (excludes halogenated alkanes) is 7. The molecule has 1 aromatic carbocycles. The second-order valence-electron chi connectivity index (χ2n) is 15.5. The average Bonchev–Trinajstić information content (AvgIpc) is 3.22. The van der Waals surface area contributed by atoms with Crippen molar-refractivity contribution in [2.75, 3.05) is 38.6 Å². The molecule has 15 heteroatoms. The lowest BCUT2D eigenvalue weighted by Gasteiger charge is -2.22. The van der Waals surface area contributed by atoms with Crippen LogP contribution in [0.5, 0.6) is 0 Å². The van der Waals surface area contributed by atoms with Gasteiger partial charge in [0.25, 0.3) is 0 Å². The minimum atomic E-state index is -0.907. The summed E-state index contributed by atoms with van der Waals surface area (Å²) in [7, 11) is 1.54. The van der Waals surface area contributed by atoms with Crippen molar-refractivity contribution in [3.05, 3.63) is 54.1 Å². The number of nitrogens with two attached hydrogens (primary N) is 2. The highest BCUT2D eigenvalue weighted by Crippen LogP contribution is 2.20. The number of amides is 6. The lowest BCUT2D eigenvalue weighted by Crippen LogP contribution is -2.51. The minimum absolute atomic E-state index is 0.0403. The van der Waals surface area contributed by atoms with Gasteiger partial charge in [0.2, 0.25) is 11.8 Å². The number of rotatable bonds is 32. The molecule has 0 aliphatic rings. The monoisotopic (exact) mass is 842 g/mol. The molecule has 60 heavy (non-hydrogen) atoms. The molecular formula is C45H75N7O8. The zero-order valence-electron chi connectivity index (χ0n) is 36.9. The maximum absolute atomic E-state index is 13.1. The number of likely N-dealkylation sites (N-methyl/N-ethyl adjacent to an activating group) is 1. The Bertz CT molecular complexity index is 1470. The van der Waals surface area contributed by atoms with Gasteiger partial charge in [-0.1, -0.05) is 109 Å². The average molecular weight is 842 g/mol. The van der Waals surface area contributed by atoms with E-state index in [1.54, 1.807) is 38.1 Å². The Kier molecular flexibility index (Phi) is 29.1. The van der Waals surface area contributed by atoms with E-state index >= 15 is 0 Å². The van der Waals surface area contributed by atoms with Crippen molar-refractivity contribution in [1.82, 2.24) is 20.9 Å². The molecular weight excluding hydrogens is 767 g/mol. The topological polar surface area (TPSA) is 224 Å². The summed E-state index contributed by atoms with van der Waals surface area (Å²) in [6.45, 7) is 8.08. The Morgan fingerprint density at radius 3 is 2.08 bits per heavy atom. The molecule has 0 saturated carbocycles. The van der Waals surface area contributed by atoms with Gasteiger partial charge in [0.1, 0.15) is 12.6 Å². The number of urea groups is 1. The standard InChI is InChI=1S/C45H75N7O8/c1-6-8-10-12-13-14-15-16-18-20-23-36(22-19-17-11-9-7-2)39(53)33-59-44(57)49-30-31-52(5)45(58)60-32-35-25-27-37(28-26-35)50-41(54)38(24-21-29-48-43(47)56)51-42(55)40(46)34(3)4/h8,10,13-14,25-28,34,36,38,40H,6-7,9,11-12,15-24,29-33,46H2,1-5H3,(H,49,57)(H,50,54)(H,51,55)(H3,47,48,56)/t36?,38-,40-/m0/s1. The number of Topliss-reactive ketones (excluding diaryl/α,β-unsaturated/α-hetero) is 1. The molecule has 0 aliphatic carbocycles. The van der Waals surface area contributed by atoms with Crippen molar-refractivity contribution in [3.63, 3.8) is 0 Å². The number of carbonyl (C=O) groups excluding carboxylic acids is 6. The van der Waals surface area contributed by atoms with Gasteiger partial charge in [-0.2, -0.15) is 0 Å². The van der Waals surface area contributed by atoms with Crippen molar-refractivity contribution in [2.24, 2.45) is 23.3 Å². The maximum Gasteiger partial charge on any atom is 0.409 e. The predicted molar refractivity (Wildman–Crippen MR) is 237 cm³/mol. The lowest BCUT2D eigenvalue weighted by atomic mass is 9.91. The van der Waals surface area contributed by atoms with Gasteiger partial charge in [0, 0.05) is 38.3 Å². The molecule has 6 amide bonds. The predicted octanol–water partition coefficient (Wildman–Crippen LogP) is 7.25. The van der Waals surface area contributed by atoms with Crippen molar-refractivity contribution >= 4 is 41.5 Å². The Labute approximate surface area is 358 Å². The van der Waals surface area contributed by atoms with E-state index in [4.69, 9.17) is 20.9 Å². The van der Waals surface area contributed by atoms with Crippen LogP contribution in [0.4, 0.5) is 20.1 Å². The molecule has 1 rings (SSSR count). The molecule has 3 atom stereocenters. The summed E-state index contributed by atoms with van der Waals surface area (Å²) in [6.07, 6.45) is 21.4. The number of carbonyl (C=O) groups is 6. The van der Waals surface area contributed by atoms with Gasteiger partial charge in [-0.3, -0.25) is 14.4 Å². The van der Waals surface area contributed by atoms with Gasteiger partial charge in [0.15, 0.2) is 12.4 Å². The second kappa shape index (κ2) is 32.9. The van der Waals surface area contributed by atoms with E-state index in [1.165, 1.54) is 18.4 Å². The summed E-state index contributed by atoms with van der Waals surface area (Å²) in [6, 6.07) is 4.27. The molecule has 0 aromatic heterocycles. The molecule has 338 valence electrons. The highest BCUT2D eigenvalue weighted by Gasteiger charge is 2.25. The number of allylic oxidation sites excluding steroid dienone is 4.